The van der Waals surface area contributed by atoms with E-state index in [0.29, 0.717) is 30.2 Å². The van der Waals surface area contributed by atoms with Crippen LogP contribution in [-0.2, 0) is 14.8 Å². The first-order valence-corrected chi connectivity index (χ1v) is 16.7. The van der Waals surface area contributed by atoms with Crippen LogP contribution < -0.4 is 19.5 Å². The lowest BCUT2D eigenvalue weighted by Crippen LogP contribution is -2.48. The van der Waals surface area contributed by atoms with Crippen LogP contribution in [0, 0.1) is 5.92 Å². The summed E-state index contributed by atoms with van der Waals surface area (Å²) < 4.78 is 43.9. The molecule has 1 aliphatic heterocycles. The number of likely N-dealkylation sites (N-methyl/N-ethyl adjacent to an activating group) is 1. The lowest BCUT2D eigenvalue weighted by molar-refractivity contribution is -0.0115. The van der Waals surface area contributed by atoms with Gasteiger partial charge in [-0.15, -0.1) is 0 Å². The number of methoxy groups -OCH3 is 1. The second kappa shape index (κ2) is 16.0. The fourth-order valence-corrected chi connectivity index (χ4v) is 5.46. The number of aliphatic hydroxyl groups excluding tert-OH is 1. The number of nitrogens with one attached hydrogen (secondary N) is 2. The summed E-state index contributed by atoms with van der Waals surface area (Å²) in [4.78, 5) is 30.2. The van der Waals surface area contributed by atoms with Crippen molar-refractivity contribution in [2.45, 2.75) is 58.3 Å². The first-order chi connectivity index (χ1) is 20.8. The van der Waals surface area contributed by atoms with Crippen LogP contribution in [0.5, 0.6) is 11.5 Å². The molecule has 1 heterocycles. The highest BCUT2D eigenvalue weighted by atomic mass is 32.2. The zero-order chi connectivity index (χ0) is 32.4. The van der Waals surface area contributed by atoms with Crippen LogP contribution in [0.4, 0.5) is 16.2 Å². The van der Waals surface area contributed by atoms with E-state index in [0.717, 1.165) is 19.1 Å². The van der Waals surface area contributed by atoms with Crippen LogP contribution in [0.3, 0.4) is 0 Å². The van der Waals surface area contributed by atoms with Gasteiger partial charge in [0.1, 0.15) is 11.5 Å². The molecule has 13 heteroatoms. The molecule has 1 aliphatic rings. The van der Waals surface area contributed by atoms with Crippen LogP contribution >= 0.6 is 0 Å². The molecule has 0 aliphatic carbocycles. The van der Waals surface area contributed by atoms with E-state index in [1.54, 1.807) is 67.3 Å². The number of rotatable bonds is 8. The van der Waals surface area contributed by atoms with Crippen LogP contribution in [0.2, 0.25) is 0 Å². The molecule has 2 aromatic rings. The van der Waals surface area contributed by atoms with E-state index >= 15 is 0 Å². The third-order valence-electron chi connectivity index (χ3n) is 7.50. The molecule has 0 bridgehead atoms. The van der Waals surface area contributed by atoms with Crippen molar-refractivity contribution in [2.75, 3.05) is 56.8 Å². The average Bonchev–Trinajstić information content (AvgIpc) is 2.98. The number of carbonyl (C=O) groups is 2. The van der Waals surface area contributed by atoms with Crippen molar-refractivity contribution >= 4 is 33.3 Å². The minimum Gasteiger partial charge on any atom is -0.497 e. The van der Waals surface area contributed by atoms with Crippen LogP contribution in [0.15, 0.2) is 42.5 Å². The molecule has 3 N–H and O–H groups in total. The largest absolute Gasteiger partial charge is 0.497 e. The van der Waals surface area contributed by atoms with E-state index in [1.807, 2.05) is 13.8 Å². The van der Waals surface area contributed by atoms with E-state index in [2.05, 4.69) is 10.0 Å². The standard InChI is InChI=1S/C31H46N4O8S/c1-21-18-35(22(2)20-36)30(37)27-17-25(33-44(6,39)40)12-15-28(27)43-23(3)9-7-8-16-42-29(21)19-34(4)31(38)32-24-10-13-26(41-5)14-11-24/h10-15,17,21-23,29,33,36H,7-9,16,18-20H2,1-6H3,(H,32,38)/t21-,22+,23-,29-/m0/s1. The number of ether oxygens (including phenoxy) is 3. The maximum Gasteiger partial charge on any atom is 0.321 e. The molecule has 12 nitrogen and oxygen atoms in total. The highest BCUT2D eigenvalue weighted by molar-refractivity contribution is 7.92. The Morgan fingerprint density at radius 1 is 1.16 bits per heavy atom. The van der Waals surface area contributed by atoms with Crippen LogP contribution in [-0.4, -0.2) is 100 Å². The molecule has 4 atom stereocenters. The predicted molar refractivity (Wildman–Crippen MR) is 170 cm³/mol. The number of benzene rings is 2. The van der Waals surface area contributed by atoms with Crippen LogP contribution in [0.1, 0.15) is 50.4 Å². The van der Waals surface area contributed by atoms with Gasteiger partial charge < -0.3 is 34.4 Å². The van der Waals surface area contributed by atoms with Crippen molar-refractivity contribution in [3.63, 3.8) is 0 Å². The summed E-state index contributed by atoms with van der Waals surface area (Å²) >= 11 is 0. The summed E-state index contributed by atoms with van der Waals surface area (Å²) in [5, 5.41) is 13.0. The number of aliphatic hydroxyl groups is 1. The summed E-state index contributed by atoms with van der Waals surface area (Å²) in [6, 6.07) is 10.8. The number of anilines is 2. The Morgan fingerprint density at radius 3 is 2.48 bits per heavy atom. The fourth-order valence-electron chi connectivity index (χ4n) is 4.91. The Kier molecular flexibility index (Phi) is 12.7. The zero-order valence-electron chi connectivity index (χ0n) is 26.4. The molecular weight excluding hydrogens is 588 g/mol. The fraction of sp³-hybridized carbons (Fsp3) is 0.548. The maximum atomic E-state index is 14.1. The number of nitrogens with zero attached hydrogens (tertiary/aromatic N) is 2. The van der Waals surface area contributed by atoms with Gasteiger partial charge in [0.15, 0.2) is 0 Å². The normalized spacial score (nSPS) is 20.8. The number of urea groups is 1. The highest BCUT2D eigenvalue weighted by Crippen LogP contribution is 2.29. The van der Waals surface area contributed by atoms with Crippen molar-refractivity contribution in [1.82, 2.24) is 9.80 Å². The third-order valence-corrected chi connectivity index (χ3v) is 8.10. The summed E-state index contributed by atoms with van der Waals surface area (Å²) in [5.41, 5.74) is 1.03. The molecule has 0 aromatic heterocycles. The molecule has 0 unspecified atom stereocenters. The van der Waals surface area contributed by atoms with Gasteiger partial charge in [-0.1, -0.05) is 6.92 Å². The summed E-state index contributed by atoms with van der Waals surface area (Å²) in [7, 11) is -0.328. The van der Waals surface area contributed by atoms with Crippen molar-refractivity contribution in [3.8, 4) is 11.5 Å². The summed E-state index contributed by atoms with van der Waals surface area (Å²) in [6.45, 7) is 6.24. The predicted octanol–water partition coefficient (Wildman–Crippen LogP) is 4.03. The lowest BCUT2D eigenvalue weighted by Gasteiger charge is -2.35. The van der Waals surface area contributed by atoms with Gasteiger partial charge in [-0.25, -0.2) is 13.2 Å². The SMILES string of the molecule is COc1ccc(NC(=O)N(C)C[C@@H]2OCCCC[C@H](C)Oc3ccc(NS(C)(=O)=O)cc3C(=O)N([C@H](C)CO)C[C@@H]2C)cc1. The first kappa shape index (κ1) is 34.9. The minimum absolute atomic E-state index is 0.184. The maximum absolute atomic E-state index is 14.1. The van der Waals surface area contributed by atoms with Gasteiger partial charge in [-0.05, 0) is 75.6 Å². The van der Waals surface area contributed by atoms with E-state index in [-0.39, 0.29) is 49.0 Å². The molecule has 0 spiro atoms. The number of amides is 3. The van der Waals surface area contributed by atoms with E-state index in [4.69, 9.17) is 14.2 Å². The Labute approximate surface area is 260 Å². The van der Waals surface area contributed by atoms with Gasteiger partial charge >= 0.3 is 6.03 Å². The first-order valence-electron chi connectivity index (χ1n) is 14.8. The molecule has 2 aromatic carbocycles. The van der Waals surface area contributed by atoms with E-state index < -0.39 is 28.1 Å². The number of sulfonamides is 1. The average molecular weight is 635 g/mol. The molecule has 44 heavy (non-hydrogen) atoms. The monoisotopic (exact) mass is 634 g/mol. The Balaban J connectivity index is 1.88. The Morgan fingerprint density at radius 2 is 1.84 bits per heavy atom. The molecule has 0 saturated heterocycles. The van der Waals surface area contributed by atoms with Gasteiger partial charge in [0.2, 0.25) is 10.0 Å². The second-order valence-electron chi connectivity index (χ2n) is 11.4. The topological polar surface area (TPSA) is 147 Å². The van der Waals surface area contributed by atoms with E-state index in [1.165, 1.54) is 6.07 Å². The molecular formula is C31H46N4O8S. The van der Waals surface area contributed by atoms with Crippen molar-refractivity contribution < 1.29 is 37.3 Å². The smallest absolute Gasteiger partial charge is 0.321 e. The van der Waals surface area contributed by atoms with Gasteiger partial charge in [-0.2, -0.15) is 0 Å². The summed E-state index contributed by atoms with van der Waals surface area (Å²) in [5.74, 6) is 0.358. The number of fused-ring (bicyclic) bond motifs is 1. The summed E-state index contributed by atoms with van der Waals surface area (Å²) in [6.07, 6.45) is 2.71. The Bertz CT molecular complexity index is 1350. The number of carbonyl (C=O) groups excluding carboxylic acids is 2. The third kappa shape index (κ3) is 10.3. The van der Waals surface area contributed by atoms with Crippen molar-refractivity contribution in [3.05, 3.63) is 48.0 Å². The molecule has 0 radical (unpaired) electrons. The quantitative estimate of drug-likeness (QED) is 0.395. The number of hydrogen-bond donors (Lipinski definition) is 3. The molecule has 0 fully saturated rings. The van der Waals surface area contributed by atoms with Gasteiger partial charge in [0, 0.05) is 44.0 Å². The van der Waals surface area contributed by atoms with E-state index in [9.17, 15) is 23.1 Å². The molecule has 3 amide bonds. The Hall–Kier alpha value is -3.55. The molecule has 0 saturated carbocycles. The highest BCUT2D eigenvalue weighted by Gasteiger charge is 2.31. The molecule has 244 valence electrons. The lowest BCUT2D eigenvalue weighted by atomic mass is 10.0. The minimum atomic E-state index is -3.59. The molecule has 3 rings (SSSR count). The second-order valence-corrected chi connectivity index (χ2v) is 13.2. The van der Waals surface area contributed by atoms with Gasteiger partial charge in [0.25, 0.3) is 5.91 Å². The van der Waals surface area contributed by atoms with Crippen molar-refractivity contribution in [1.29, 1.82) is 0 Å². The van der Waals surface area contributed by atoms with Gasteiger partial charge in [-0.3, -0.25) is 9.52 Å². The van der Waals surface area contributed by atoms with Gasteiger partial charge in [0.05, 0.1) is 43.8 Å². The zero-order valence-corrected chi connectivity index (χ0v) is 27.2. The van der Waals surface area contributed by atoms with Crippen molar-refractivity contribution in [2.24, 2.45) is 5.92 Å². The van der Waals surface area contributed by atoms with Crippen LogP contribution in [0.25, 0.3) is 0 Å². The number of hydrogen-bond acceptors (Lipinski definition) is 8.